The van der Waals surface area contributed by atoms with Crippen LogP contribution < -0.4 is 4.53 Å². The van der Waals surface area contributed by atoms with Gasteiger partial charge in [-0.25, -0.2) is 0 Å². The fourth-order valence-corrected chi connectivity index (χ4v) is 6.49. The molecule has 1 radical (unpaired) electrons. The first-order valence-corrected chi connectivity index (χ1v) is 19.8. The molecule has 0 saturated heterocycles. The molecular formula is C31H33GeIrN2O3-. The monoisotopic (exact) mass is 748 g/mol. The fourth-order valence-electron chi connectivity index (χ4n) is 4.35. The number of benzene rings is 2. The second-order valence-corrected chi connectivity index (χ2v) is 21.2. The van der Waals surface area contributed by atoms with Crippen LogP contribution in [0.1, 0.15) is 39.2 Å². The van der Waals surface area contributed by atoms with Crippen molar-refractivity contribution in [1.29, 1.82) is 0 Å². The molecule has 3 aromatic heterocycles. The van der Waals surface area contributed by atoms with Crippen molar-refractivity contribution >= 4 is 56.4 Å². The molecule has 199 valence electrons. The molecule has 0 spiro atoms. The minimum atomic E-state index is -2.04. The quantitative estimate of drug-likeness (QED) is 0.0884. The zero-order valence-corrected chi connectivity index (χ0v) is 27.3. The van der Waals surface area contributed by atoms with E-state index in [0.29, 0.717) is 11.6 Å². The number of pyridine rings is 2. The van der Waals surface area contributed by atoms with Crippen molar-refractivity contribution in [3.8, 4) is 11.3 Å². The molecule has 1 N–H and O–H groups in total. The van der Waals surface area contributed by atoms with Crippen molar-refractivity contribution in [1.82, 2.24) is 9.97 Å². The number of hydrogen-bond acceptors (Lipinski definition) is 5. The van der Waals surface area contributed by atoms with Crippen molar-refractivity contribution < 1.29 is 34.4 Å². The number of ketones is 1. The topological polar surface area (TPSA) is 76.2 Å². The van der Waals surface area contributed by atoms with Crippen molar-refractivity contribution in [3.05, 3.63) is 78.2 Å². The molecule has 0 bridgehead atoms. The number of carbonyl (C=O) groups excluding carboxylic acids is 1. The summed E-state index contributed by atoms with van der Waals surface area (Å²) < 4.78 is 7.53. The third kappa shape index (κ3) is 6.43. The number of allylic oxidation sites excluding steroid dienone is 2. The van der Waals surface area contributed by atoms with Crippen LogP contribution >= 0.6 is 0 Å². The van der Waals surface area contributed by atoms with Crippen molar-refractivity contribution in [2.45, 2.75) is 50.9 Å². The molecule has 0 atom stereocenters. The number of aliphatic hydroxyl groups excluding tert-OH is 1. The van der Waals surface area contributed by atoms with Crippen LogP contribution in [0.25, 0.3) is 44.1 Å². The van der Waals surface area contributed by atoms with E-state index in [0.717, 1.165) is 33.0 Å². The Bertz CT molecular complexity index is 1640. The zero-order valence-electron chi connectivity index (χ0n) is 22.8. The molecule has 5 aromatic rings. The maximum atomic E-state index is 10.0. The molecule has 0 amide bonds. The van der Waals surface area contributed by atoms with Crippen LogP contribution in [0, 0.1) is 6.07 Å². The summed E-state index contributed by atoms with van der Waals surface area (Å²) in [6.07, 6.45) is 3.03. The molecular weight excluding hydrogens is 713 g/mol. The second-order valence-electron chi connectivity index (χ2n) is 10.7. The first kappa shape index (κ1) is 29.8. The van der Waals surface area contributed by atoms with Gasteiger partial charge in [-0.1, -0.05) is 0 Å². The smallest absolute Gasteiger partial charge is 0 e. The van der Waals surface area contributed by atoms with Crippen LogP contribution in [0.15, 0.2) is 71.0 Å². The Labute approximate surface area is 240 Å². The number of fused-ring (bicyclic) bond motifs is 4. The molecule has 5 nitrogen and oxygen atoms in total. The average molecular weight is 746 g/mol. The van der Waals surface area contributed by atoms with Gasteiger partial charge in [0.2, 0.25) is 0 Å². The van der Waals surface area contributed by atoms with E-state index in [4.69, 9.17) is 19.5 Å². The standard InChI is InChI=1S/C26H25GeN2O.C5H8O2.Ir/c1-16(2)22-15-18(14-17-8-6-7-9-19(17)22)24-25-20(12-13-28-24)21-10-11-23(27(3,4)5)29-26(21)30-25;1-4(6)3-5(2)7;/h6-13,15-16H,1-5H3;3,6H,1-2H3;/q-1;;/b;4-3-;. The molecule has 38 heavy (non-hydrogen) atoms. The normalized spacial score (nSPS) is 11.9. The maximum Gasteiger partial charge on any atom is 0 e. The molecule has 0 aliphatic heterocycles. The summed E-state index contributed by atoms with van der Waals surface area (Å²) in [5.74, 6) is 7.39. The van der Waals surface area contributed by atoms with E-state index in [2.05, 4.69) is 79.6 Å². The molecule has 0 fully saturated rings. The summed E-state index contributed by atoms with van der Waals surface area (Å²) in [6.45, 7) is 7.30. The number of aliphatic hydroxyl groups is 1. The second kappa shape index (κ2) is 11.9. The van der Waals surface area contributed by atoms with E-state index in [-0.39, 0.29) is 31.6 Å². The zero-order chi connectivity index (χ0) is 26.9. The minimum Gasteiger partial charge on any atom is 0 e. The third-order valence-corrected chi connectivity index (χ3v) is 9.93. The van der Waals surface area contributed by atoms with E-state index >= 15 is 0 Å². The number of aromatic nitrogens is 2. The van der Waals surface area contributed by atoms with E-state index in [1.165, 1.54) is 35.4 Å². The number of hydrogen-bond donors (Lipinski definition) is 1. The summed E-state index contributed by atoms with van der Waals surface area (Å²) in [5.41, 5.74) is 4.60. The Morgan fingerprint density at radius 1 is 1.03 bits per heavy atom. The van der Waals surface area contributed by atoms with E-state index in [1.807, 2.05) is 12.3 Å². The predicted octanol–water partition coefficient (Wildman–Crippen LogP) is 7.70. The summed E-state index contributed by atoms with van der Waals surface area (Å²) in [6, 6.07) is 20.6. The van der Waals surface area contributed by atoms with Crippen molar-refractivity contribution in [3.63, 3.8) is 0 Å². The molecule has 0 aliphatic rings. The molecule has 0 unspecified atom stereocenters. The summed E-state index contributed by atoms with van der Waals surface area (Å²) in [5, 5.41) is 12.8. The Kier molecular flexibility index (Phi) is 9.35. The van der Waals surface area contributed by atoms with Gasteiger partial charge in [0.05, 0.1) is 5.76 Å². The number of furan rings is 1. The fraction of sp³-hybridized carbons (Fsp3) is 0.258. The number of carbonyl (C=O) groups is 1. The van der Waals surface area contributed by atoms with Crippen LogP contribution in [-0.4, -0.2) is 34.1 Å². The SMILES string of the molecule is CC(=O)/C=C(/C)O.CC(C)c1cc(-c2nccc3c2oc2n[c]([Ge]([CH3])([CH3])[CH3])ccc23)[c-]c2ccccc12.[Ir]. The largest absolute Gasteiger partial charge is 0 e. The Morgan fingerprint density at radius 2 is 1.74 bits per heavy atom. The van der Waals surface area contributed by atoms with Gasteiger partial charge in [-0.05, 0) is 13.8 Å². The van der Waals surface area contributed by atoms with Crippen LogP contribution in [0.2, 0.25) is 17.3 Å². The van der Waals surface area contributed by atoms with Gasteiger partial charge in [-0.2, -0.15) is 0 Å². The minimum absolute atomic E-state index is 0. The molecule has 0 saturated carbocycles. The van der Waals surface area contributed by atoms with Crippen LogP contribution in [0.3, 0.4) is 0 Å². The Hall–Kier alpha value is -2.80. The van der Waals surface area contributed by atoms with E-state index in [9.17, 15) is 4.79 Å². The molecule has 2 aromatic carbocycles. The van der Waals surface area contributed by atoms with Crippen LogP contribution in [0.5, 0.6) is 0 Å². The molecule has 5 rings (SSSR count). The van der Waals surface area contributed by atoms with E-state index in [1.54, 1.807) is 0 Å². The first-order chi connectivity index (χ1) is 17.5. The van der Waals surface area contributed by atoms with Gasteiger partial charge >= 0.3 is 180 Å². The van der Waals surface area contributed by atoms with E-state index < -0.39 is 13.3 Å². The maximum absolute atomic E-state index is 10.0. The van der Waals surface area contributed by atoms with Crippen molar-refractivity contribution in [2.75, 3.05) is 0 Å². The summed E-state index contributed by atoms with van der Waals surface area (Å²) in [4.78, 5) is 19.6. The molecule has 3 heterocycles. The molecule has 0 aliphatic carbocycles. The van der Waals surface area contributed by atoms with Crippen LogP contribution in [0.4, 0.5) is 0 Å². The average Bonchev–Trinajstić information content (AvgIpc) is 3.20. The van der Waals surface area contributed by atoms with Gasteiger partial charge < -0.3 is 5.11 Å². The summed E-state index contributed by atoms with van der Waals surface area (Å²) >= 11 is -2.04. The third-order valence-electron chi connectivity index (χ3n) is 6.12. The van der Waals surface area contributed by atoms with Crippen molar-refractivity contribution in [2.24, 2.45) is 0 Å². The van der Waals surface area contributed by atoms with Gasteiger partial charge in [0.15, 0.2) is 5.78 Å². The predicted molar refractivity (Wildman–Crippen MR) is 155 cm³/mol. The van der Waals surface area contributed by atoms with Gasteiger partial charge in [0.1, 0.15) is 0 Å². The summed E-state index contributed by atoms with van der Waals surface area (Å²) in [7, 11) is 0. The van der Waals surface area contributed by atoms with Gasteiger partial charge in [0.25, 0.3) is 0 Å². The number of rotatable bonds is 4. The van der Waals surface area contributed by atoms with Crippen LogP contribution in [-0.2, 0) is 24.9 Å². The van der Waals surface area contributed by atoms with Gasteiger partial charge in [0, 0.05) is 26.2 Å². The first-order valence-electron chi connectivity index (χ1n) is 12.5. The Morgan fingerprint density at radius 3 is 2.34 bits per heavy atom. The van der Waals surface area contributed by atoms with Gasteiger partial charge in [-0.3, -0.25) is 4.79 Å². The Balaban J connectivity index is 0.000000444. The molecule has 7 heteroatoms. The number of nitrogens with zero attached hydrogens (tertiary/aromatic N) is 2. The van der Waals surface area contributed by atoms with Gasteiger partial charge in [-0.15, -0.1) is 0 Å².